The molecule has 2 atom stereocenters. The van der Waals surface area contributed by atoms with E-state index >= 15 is 0 Å². The highest BCUT2D eigenvalue weighted by Gasteiger charge is 2.40. The zero-order valence-electron chi connectivity index (χ0n) is 23.3. The maximum absolute atomic E-state index is 10.1. The van der Waals surface area contributed by atoms with Gasteiger partial charge >= 0.3 is 0 Å². The van der Waals surface area contributed by atoms with Crippen LogP contribution in [0.3, 0.4) is 0 Å². The van der Waals surface area contributed by atoms with Crippen molar-refractivity contribution < 1.29 is 0 Å². The molecule has 0 amide bonds. The van der Waals surface area contributed by atoms with Gasteiger partial charge in [-0.25, -0.2) is 0 Å². The van der Waals surface area contributed by atoms with Crippen LogP contribution >= 0.6 is 0 Å². The third-order valence-corrected chi connectivity index (χ3v) is 10.6. The van der Waals surface area contributed by atoms with E-state index in [-0.39, 0.29) is 5.41 Å². The van der Waals surface area contributed by atoms with E-state index in [0.717, 1.165) is 29.6 Å². The highest BCUT2D eigenvalue weighted by atomic mass is 14.5. The van der Waals surface area contributed by atoms with Gasteiger partial charge in [-0.15, -0.1) is 0 Å². The Morgan fingerprint density at radius 1 is 0.618 bits per heavy atom. The van der Waals surface area contributed by atoms with Crippen molar-refractivity contribution in [1.82, 2.24) is 0 Å². The topological polar surface area (TPSA) is 23.8 Å². The van der Waals surface area contributed by atoms with Crippen LogP contribution < -0.4 is 0 Å². The molecule has 3 rings (SSSR count). The molecule has 0 bridgehead atoms. The predicted octanol–water partition coefficient (Wildman–Crippen LogP) is 11.0. The van der Waals surface area contributed by atoms with E-state index in [2.05, 4.69) is 19.9 Å². The molecule has 3 aliphatic carbocycles. The van der Waals surface area contributed by atoms with Crippen molar-refractivity contribution in [2.24, 2.45) is 35.0 Å². The minimum atomic E-state index is 0.0287. The zero-order chi connectivity index (χ0) is 24.1. The van der Waals surface area contributed by atoms with Crippen LogP contribution in [0.25, 0.3) is 0 Å². The lowest BCUT2D eigenvalue weighted by molar-refractivity contribution is 0.0813. The summed E-state index contributed by atoms with van der Waals surface area (Å²) in [4.78, 5) is 0. The van der Waals surface area contributed by atoms with E-state index in [1.54, 1.807) is 0 Å². The van der Waals surface area contributed by atoms with Crippen LogP contribution in [-0.4, -0.2) is 0 Å². The summed E-state index contributed by atoms with van der Waals surface area (Å²) in [6.07, 6.45) is 33.9. The molecule has 34 heavy (non-hydrogen) atoms. The fourth-order valence-electron chi connectivity index (χ4n) is 8.34. The van der Waals surface area contributed by atoms with Gasteiger partial charge in [0.05, 0.1) is 11.5 Å². The molecule has 3 saturated carbocycles. The molecule has 0 saturated heterocycles. The van der Waals surface area contributed by atoms with Crippen molar-refractivity contribution in [2.75, 3.05) is 0 Å². The fourth-order valence-corrected chi connectivity index (χ4v) is 8.34. The van der Waals surface area contributed by atoms with E-state index in [4.69, 9.17) is 0 Å². The van der Waals surface area contributed by atoms with Crippen molar-refractivity contribution in [1.29, 1.82) is 5.26 Å². The predicted molar refractivity (Wildman–Crippen MR) is 148 cm³/mol. The summed E-state index contributed by atoms with van der Waals surface area (Å²) in [6.45, 7) is 4.61. The highest BCUT2D eigenvalue weighted by molar-refractivity contribution is 5.03. The molecule has 0 aromatic heterocycles. The van der Waals surface area contributed by atoms with Gasteiger partial charge in [0, 0.05) is 0 Å². The Bertz CT molecular complexity index is 560. The lowest BCUT2D eigenvalue weighted by atomic mass is 9.61. The minimum absolute atomic E-state index is 0.0287. The Morgan fingerprint density at radius 2 is 1.15 bits per heavy atom. The molecule has 2 unspecified atom stereocenters. The average molecular weight is 470 g/mol. The summed E-state index contributed by atoms with van der Waals surface area (Å²) in [5.41, 5.74) is 0.0287. The number of rotatable bonds is 14. The Labute approximate surface area is 214 Å². The van der Waals surface area contributed by atoms with Gasteiger partial charge in [-0.05, 0) is 87.4 Å². The number of nitrogens with zero attached hydrogens (tertiary/aromatic N) is 1. The van der Waals surface area contributed by atoms with Crippen molar-refractivity contribution in [3.05, 3.63) is 0 Å². The first-order chi connectivity index (χ1) is 16.7. The quantitative estimate of drug-likeness (QED) is 0.232. The maximum Gasteiger partial charge on any atom is 0.0689 e. The van der Waals surface area contributed by atoms with Crippen molar-refractivity contribution >= 4 is 0 Å². The van der Waals surface area contributed by atoms with Crippen LogP contribution in [0.5, 0.6) is 0 Å². The molecule has 196 valence electrons. The summed E-state index contributed by atoms with van der Waals surface area (Å²) in [7, 11) is 0. The van der Waals surface area contributed by atoms with Crippen LogP contribution in [0.2, 0.25) is 0 Å². The lowest BCUT2D eigenvalue weighted by Gasteiger charge is -2.43. The number of nitriles is 1. The van der Waals surface area contributed by atoms with E-state index in [1.807, 2.05) is 0 Å². The van der Waals surface area contributed by atoms with Gasteiger partial charge in [0.15, 0.2) is 0 Å². The highest BCUT2D eigenvalue weighted by Crippen LogP contribution is 2.50. The largest absolute Gasteiger partial charge is 0.198 e. The Hall–Kier alpha value is -0.510. The molecule has 0 aliphatic heterocycles. The number of hydrogen-bond donors (Lipinski definition) is 0. The first kappa shape index (κ1) is 28.1. The lowest BCUT2D eigenvalue weighted by Crippen LogP contribution is -2.34. The van der Waals surface area contributed by atoms with E-state index in [1.165, 1.54) is 154 Å². The molecule has 3 aliphatic rings. The third-order valence-electron chi connectivity index (χ3n) is 10.6. The van der Waals surface area contributed by atoms with Crippen LogP contribution in [-0.2, 0) is 0 Å². The van der Waals surface area contributed by atoms with Crippen molar-refractivity contribution in [2.45, 2.75) is 168 Å². The summed E-state index contributed by atoms with van der Waals surface area (Å²) in [5.74, 6) is 4.92. The average Bonchev–Trinajstić information content (AvgIpc) is 2.89. The summed E-state index contributed by atoms with van der Waals surface area (Å²) >= 11 is 0. The first-order valence-electron chi connectivity index (χ1n) is 16.1. The third kappa shape index (κ3) is 8.86. The summed E-state index contributed by atoms with van der Waals surface area (Å²) in [6, 6.07) is 2.87. The Kier molecular flexibility index (Phi) is 12.9. The second-order valence-electron chi connectivity index (χ2n) is 13.1. The zero-order valence-corrected chi connectivity index (χ0v) is 23.3. The van der Waals surface area contributed by atoms with Crippen LogP contribution in [0.4, 0.5) is 0 Å². The molecular weight excluding hydrogens is 410 g/mol. The van der Waals surface area contributed by atoms with Gasteiger partial charge in [0.25, 0.3) is 0 Å². The Morgan fingerprint density at radius 3 is 1.74 bits per heavy atom. The SMILES string of the molecule is CCCCCCCC1CCC(C2CCC(C3CCCC(C#N)(CCCCCCC)C3)CC2)CC1. The van der Waals surface area contributed by atoms with E-state index < -0.39 is 0 Å². The standard InChI is InChI=1S/C33H59N/c1-3-5-7-9-11-14-28-16-18-29(19-17-28)30-20-22-31(23-21-30)32-15-13-25-33(26-32,27-34)24-12-10-8-6-4-2/h28-32H,3-26H2,1-2H3. The normalized spacial score (nSPS) is 34.6. The van der Waals surface area contributed by atoms with Gasteiger partial charge in [-0.2, -0.15) is 5.26 Å². The molecule has 1 nitrogen and oxygen atoms in total. The minimum Gasteiger partial charge on any atom is -0.198 e. The molecule has 0 N–H and O–H groups in total. The summed E-state index contributed by atoms with van der Waals surface area (Å²) < 4.78 is 0. The van der Waals surface area contributed by atoms with Gasteiger partial charge in [-0.3, -0.25) is 0 Å². The second-order valence-corrected chi connectivity index (χ2v) is 13.1. The van der Waals surface area contributed by atoms with E-state index in [9.17, 15) is 5.26 Å². The Balaban J connectivity index is 1.34. The molecule has 1 heteroatoms. The van der Waals surface area contributed by atoms with Crippen molar-refractivity contribution in [3.63, 3.8) is 0 Å². The van der Waals surface area contributed by atoms with Gasteiger partial charge < -0.3 is 0 Å². The molecule has 0 aromatic rings. The van der Waals surface area contributed by atoms with Crippen LogP contribution in [0.1, 0.15) is 168 Å². The molecule has 0 spiro atoms. The second kappa shape index (κ2) is 15.6. The molecule has 0 aromatic carbocycles. The van der Waals surface area contributed by atoms with E-state index in [0.29, 0.717) is 0 Å². The van der Waals surface area contributed by atoms with Gasteiger partial charge in [-0.1, -0.05) is 110 Å². The van der Waals surface area contributed by atoms with Crippen LogP contribution in [0, 0.1) is 46.3 Å². The smallest absolute Gasteiger partial charge is 0.0689 e. The first-order valence-corrected chi connectivity index (χ1v) is 16.1. The molecule has 0 heterocycles. The summed E-state index contributed by atoms with van der Waals surface area (Å²) in [5, 5.41) is 10.1. The molecular formula is C33H59N. The fraction of sp³-hybridized carbons (Fsp3) is 0.970. The number of hydrogen-bond acceptors (Lipinski definition) is 1. The molecule has 0 radical (unpaired) electrons. The van der Waals surface area contributed by atoms with Gasteiger partial charge in [0.2, 0.25) is 0 Å². The van der Waals surface area contributed by atoms with Crippen LogP contribution in [0.15, 0.2) is 0 Å². The monoisotopic (exact) mass is 469 g/mol. The molecule has 3 fully saturated rings. The number of unbranched alkanes of at least 4 members (excludes halogenated alkanes) is 8. The maximum atomic E-state index is 10.1. The van der Waals surface area contributed by atoms with Gasteiger partial charge in [0.1, 0.15) is 0 Å². The van der Waals surface area contributed by atoms with Crippen molar-refractivity contribution in [3.8, 4) is 6.07 Å².